The summed E-state index contributed by atoms with van der Waals surface area (Å²) in [6.45, 7) is 4.10. The van der Waals surface area contributed by atoms with Crippen LogP contribution >= 0.6 is 0 Å². The molecule has 1 unspecified atom stereocenters. The summed E-state index contributed by atoms with van der Waals surface area (Å²) in [4.78, 5) is 19.1. The Morgan fingerprint density at radius 1 is 1.33 bits per heavy atom. The normalized spacial score (nSPS) is 11.9. The van der Waals surface area contributed by atoms with Gasteiger partial charge in [0.05, 0.1) is 6.04 Å². The number of ether oxygens (including phenoxy) is 1. The van der Waals surface area contributed by atoms with Gasteiger partial charge in [0.2, 0.25) is 0 Å². The van der Waals surface area contributed by atoms with E-state index in [2.05, 4.69) is 22.2 Å². The fourth-order valence-electron chi connectivity index (χ4n) is 2.04. The Balaban J connectivity index is 1.83. The number of benzene rings is 1. The van der Waals surface area contributed by atoms with E-state index < -0.39 is 0 Å². The molecule has 2 aromatic rings. The minimum Gasteiger partial charge on any atom is -0.484 e. The van der Waals surface area contributed by atoms with Crippen molar-refractivity contribution in [2.45, 2.75) is 32.7 Å². The van der Waals surface area contributed by atoms with Crippen molar-refractivity contribution in [3.63, 3.8) is 0 Å². The highest BCUT2D eigenvalue weighted by molar-refractivity contribution is 5.77. The van der Waals surface area contributed by atoms with Crippen molar-refractivity contribution in [2.75, 3.05) is 6.61 Å². The maximum absolute atomic E-state index is 11.9. The number of aryl methyl sites for hydroxylation is 1. The molecule has 0 saturated carbocycles. The third kappa shape index (κ3) is 4.34. The van der Waals surface area contributed by atoms with E-state index in [0.29, 0.717) is 5.75 Å². The summed E-state index contributed by atoms with van der Waals surface area (Å²) in [6, 6.07) is 7.67. The highest BCUT2D eigenvalue weighted by atomic mass is 16.5. The first-order valence-corrected chi connectivity index (χ1v) is 7.23. The average Bonchev–Trinajstić information content (AvgIpc) is 3.05. The van der Waals surface area contributed by atoms with E-state index in [1.165, 1.54) is 5.56 Å². The minimum atomic E-state index is -0.155. The number of aromatic nitrogens is 2. The number of hydrogen-bond donors (Lipinski definition) is 2. The van der Waals surface area contributed by atoms with Gasteiger partial charge in [-0.3, -0.25) is 4.79 Å². The van der Waals surface area contributed by atoms with Gasteiger partial charge in [-0.1, -0.05) is 26.0 Å². The van der Waals surface area contributed by atoms with Gasteiger partial charge in [-0.2, -0.15) is 0 Å². The molecular weight excluding hydrogens is 266 g/mol. The van der Waals surface area contributed by atoms with Gasteiger partial charge in [-0.15, -0.1) is 0 Å². The van der Waals surface area contributed by atoms with E-state index in [9.17, 15) is 4.79 Å². The lowest BCUT2D eigenvalue weighted by molar-refractivity contribution is -0.123. The van der Waals surface area contributed by atoms with Crippen molar-refractivity contribution in [2.24, 2.45) is 0 Å². The number of H-pyrrole nitrogens is 1. The second-order valence-corrected chi connectivity index (χ2v) is 4.79. The third-order valence-electron chi connectivity index (χ3n) is 3.29. The molecular formula is C16H21N3O2. The molecule has 0 aliphatic heterocycles. The van der Waals surface area contributed by atoms with Gasteiger partial charge in [0.25, 0.3) is 5.91 Å². The first-order chi connectivity index (χ1) is 10.2. The van der Waals surface area contributed by atoms with Crippen molar-refractivity contribution in [1.29, 1.82) is 0 Å². The smallest absolute Gasteiger partial charge is 0.258 e. The highest BCUT2D eigenvalue weighted by Gasteiger charge is 2.14. The summed E-state index contributed by atoms with van der Waals surface area (Å²) in [7, 11) is 0. The summed E-state index contributed by atoms with van der Waals surface area (Å²) in [5.74, 6) is 1.31. The number of aromatic amines is 1. The molecule has 2 rings (SSSR count). The van der Waals surface area contributed by atoms with Crippen LogP contribution in [0.5, 0.6) is 5.75 Å². The summed E-state index contributed by atoms with van der Waals surface area (Å²) in [5, 5.41) is 2.90. The molecule has 1 amide bonds. The van der Waals surface area contributed by atoms with Crippen LogP contribution in [0.1, 0.15) is 37.7 Å². The standard InChI is InChI=1S/C16H21N3O2/c1-3-12-5-7-13(8-6-12)21-11-15(20)19-14(4-2)16-17-9-10-18-16/h5-10,14H,3-4,11H2,1-2H3,(H,17,18)(H,19,20). The van der Waals surface area contributed by atoms with Crippen LogP contribution in [0.3, 0.4) is 0 Å². The Morgan fingerprint density at radius 3 is 2.67 bits per heavy atom. The summed E-state index contributed by atoms with van der Waals surface area (Å²) in [5.41, 5.74) is 1.25. The molecule has 1 aromatic heterocycles. The van der Waals surface area contributed by atoms with Crippen LogP contribution in [0.2, 0.25) is 0 Å². The Kier molecular flexibility index (Phi) is 5.37. The maximum Gasteiger partial charge on any atom is 0.258 e. The second-order valence-electron chi connectivity index (χ2n) is 4.79. The molecule has 0 spiro atoms. The summed E-state index contributed by atoms with van der Waals surface area (Å²) >= 11 is 0. The molecule has 1 aromatic carbocycles. The van der Waals surface area contributed by atoms with Gasteiger partial charge in [0, 0.05) is 12.4 Å². The molecule has 21 heavy (non-hydrogen) atoms. The van der Waals surface area contributed by atoms with E-state index in [1.54, 1.807) is 12.4 Å². The van der Waals surface area contributed by atoms with Gasteiger partial charge in [-0.25, -0.2) is 4.98 Å². The Morgan fingerprint density at radius 2 is 2.10 bits per heavy atom. The van der Waals surface area contributed by atoms with Gasteiger partial charge in [-0.05, 0) is 30.5 Å². The SMILES string of the molecule is CCc1ccc(OCC(=O)NC(CC)c2ncc[nH]2)cc1. The van der Waals surface area contributed by atoms with E-state index in [4.69, 9.17) is 4.74 Å². The van der Waals surface area contributed by atoms with E-state index in [-0.39, 0.29) is 18.6 Å². The van der Waals surface area contributed by atoms with Gasteiger partial charge < -0.3 is 15.0 Å². The predicted molar refractivity (Wildman–Crippen MR) is 81.1 cm³/mol. The van der Waals surface area contributed by atoms with Gasteiger partial charge in [0.1, 0.15) is 11.6 Å². The first-order valence-electron chi connectivity index (χ1n) is 7.23. The zero-order valence-electron chi connectivity index (χ0n) is 12.4. The highest BCUT2D eigenvalue weighted by Crippen LogP contribution is 2.13. The quantitative estimate of drug-likeness (QED) is 0.822. The molecule has 5 nitrogen and oxygen atoms in total. The lowest BCUT2D eigenvalue weighted by atomic mass is 10.2. The monoisotopic (exact) mass is 287 g/mol. The lowest BCUT2D eigenvalue weighted by Gasteiger charge is -2.15. The van der Waals surface area contributed by atoms with Gasteiger partial charge in [0.15, 0.2) is 6.61 Å². The number of nitrogens with one attached hydrogen (secondary N) is 2. The molecule has 1 atom stereocenters. The molecule has 0 aliphatic rings. The van der Waals surface area contributed by atoms with Crippen LogP contribution in [0.4, 0.5) is 0 Å². The minimum absolute atomic E-state index is 0.00266. The summed E-state index contributed by atoms with van der Waals surface area (Å²) in [6.07, 6.45) is 5.18. The zero-order valence-corrected chi connectivity index (χ0v) is 12.4. The predicted octanol–water partition coefficient (Wildman–Crippen LogP) is 2.62. The number of amides is 1. The van der Waals surface area contributed by atoms with Crippen LogP contribution < -0.4 is 10.1 Å². The molecule has 2 N–H and O–H groups in total. The van der Waals surface area contributed by atoms with Crippen molar-refractivity contribution in [3.8, 4) is 5.75 Å². The molecule has 0 saturated heterocycles. The van der Waals surface area contributed by atoms with Crippen molar-refractivity contribution in [1.82, 2.24) is 15.3 Å². The Labute approximate surface area is 124 Å². The van der Waals surface area contributed by atoms with Gasteiger partial charge >= 0.3 is 0 Å². The fraction of sp³-hybridized carbons (Fsp3) is 0.375. The van der Waals surface area contributed by atoms with Crippen LogP contribution in [0.15, 0.2) is 36.7 Å². The molecule has 0 bridgehead atoms. The Hall–Kier alpha value is -2.30. The topological polar surface area (TPSA) is 67.0 Å². The van der Waals surface area contributed by atoms with Crippen LogP contribution in [-0.4, -0.2) is 22.5 Å². The number of rotatable bonds is 7. The molecule has 1 heterocycles. The number of carbonyl (C=O) groups excluding carboxylic acids is 1. The third-order valence-corrected chi connectivity index (χ3v) is 3.29. The zero-order chi connectivity index (χ0) is 15.1. The molecule has 112 valence electrons. The van der Waals surface area contributed by atoms with Crippen LogP contribution in [-0.2, 0) is 11.2 Å². The molecule has 5 heteroatoms. The molecule has 0 fully saturated rings. The van der Waals surface area contributed by atoms with Crippen LogP contribution in [0.25, 0.3) is 0 Å². The van der Waals surface area contributed by atoms with E-state index in [0.717, 1.165) is 18.7 Å². The average molecular weight is 287 g/mol. The van der Waals surface area contributed by atoms with Crippen molar-refractivity contribution < 1.29 is 9.53 Å². The van der Waals surface area contributed by atoms with E-state index in [1.807, 2.05) is 31.2 Å². The largest absolute Gasteiger partial charge is 0.484 e. The Bertz CT molecular complexity index is 549. The molecule has 0 aliphatic carbocycles. The first kappa shape index (κ1) is 15.1. The summed E-state index contributed by atoms with van der Waals surface area (Å²) < 4.78 is 5.49. The second kappa shape index (κ2) is 7.47. The fourth-order valence-corrected chi connectivity index (χ4v) is 2.04. The maximum atomic E-state index is 11.9. The van der Waals surface area contributed by atoms with Crippen LogP contribution in [0, 0.1) is 0 Å². The van der Waals surface area contributed by atoms with Crippen molar-refractivity contribution >= 4 is 5.91 Å². The van der Waals surface area contributed by atoms with Crippen molar-refractivity contribution in [3.05, 3.63) is 48.0 Å². The van der Waals surface area contributed by atoms with E-state index >= 15 is 0 Å². The number of nitrogens with zero attached hydrogens (tertiary/aromatic N) is 1. The number of carbonyl (C=O) groups is 1. The number of hydrogen-bond acceptors (Lipinski definition) is 3. The molecule has 0 radical (unpaired) electrons. The lowest BCUT2D eigenvalue weighted by Crippen LogP contribution is -2.32. The number of imidazole rings is 1.